The van der Waals surface area contributed by atoms with E-state index in [0.717, 1.165) is 5.56 Å². The summed E-state index contributed by atoms with van der Waals surface area (Å²) in [6, 6.07) is 22.0. The Morgan fingerprint density at radius 1 is 0.933 bits per heavy atom. The van der Waals surface area contributed by atoms with E-state index >= 15 is 0 Å². The molecule has 2 heterocycles. The molecule has 1 aliphatic rings. The summed E-state index contributed by atoms with van der Waals surface area (Å²) in [5.41, 5.74) is 1.75. The summed E-state index contributed by atoms with van der Waals surface area (Å²) in [6.45, 7) is 0.395. The Hall–Kier alpha value is -4.06. The second-order valence-electron chi connectivity index (χ2n) is 7.02. The second-order valence-corrected chi connectivity index (χ2v) is 7.02. The molecule has 0 radical (unpaired) electrons. The van der Waals surface area contributed by atoms with Crippen LogP contribution in [0.4, 0.5) is 0 Å². The van der Waals surface area contributed by atoms with Gasteiger partial charge in [-0.2, -0.15) is 0 Å². The normalized spacial score (nSPS) is 12.3. The van der Waals surface area contributed by atoms with Crippen molar-refractivity contribution < 1.29 is 19.4 Å². The number of hydrogen-bond acceptors (Lipinski definition) is 4. The van der Waals surface area contributed by atoms with E-state index in [1.807, 2.05) is 54.6 Å². The molecule has 6 nitrogen and oxygen atoms in total. The lowest BCUT2D eigenvalue weighted by molar-refractivity contribution is 0.0695. The fourth-order valence-electron chi connectivity index (χ4n) is 3.88. The van der Waals surface area contributed by atoms with Gasteiger partial charge in [-0.1, -0.05) is 54.6 Å². The van der Waals surface area contributed by atoms with Crippen LogP contribution in [0.15, 0.2) is 77.6 Å². The van der Waals surface area contributed by atoms with Gasteiger partial charge in [0.1, 0.15) is 5.56 Å². The predicted octanol–water partition coefficient (Wildman–Crippen LogP) is 4.14. The molecule has 0 saturated heterocycles. The number of fused-ring (bicyclic) bond motifs is 2. The van der Waals surface area contributed by atoms with Crippen molar-refractivity contribution in [2.45, 2.75) is 6.54 Å². The molecule has 0 bridgehead atoms. The number of pyridine rings is 1. The maximum absolute atomic E-state index is 13.4. The Labute approximate surface area is 171 Å². The molecule has 0 aliphatic carbocycles. The fraction of sp³-hybridized carbons (Fsp3) is 0.0833. The number of hydrogen-bond donors (Lipinski definition) is 1. The van der Waals surface area contributed by atoms with Crippen LogP contribution in [0.1, 0.15) is 15.9 Å². The zero-order valence-corrected chi connectivity index (χ0v) is 15.9. The van der Waals surface area contributed by atoms with Gasteiger partial charge in [0.25, 0.3) is 5.56 Å². The third kappa shape index (κ3) is 2.90. The van der Waals surface area contributed by atoms with E-state index in [1.165, 1.54) is 4.57 Å². The number of benzene rings is 3. The molecule has 5 rings (SSSR count). The standard InChI is InChI=1S/C24H17NO5/c26-23-22(24(27)28)21(16-10-11-19-20(12-16)30-14-29-19)17-8-4-5-9-18(17)25(23)13-15-6-2-1-3-7-15/h1-12H,13-14H2,(H,27,28). The smallest absolute Gasteiger partial charge is 0.342 e. The lowest BCUT2D eigenvalue weighted by atomic mass is 9.95. The Kier molecular flexibility index (Phi) is 4.25. The Balaban J connectivity index is 1.82. The quantitative estimate of drug-likeness (QED) is 0.558. The molecule has 1 aliphatic heterocycles. The molecule has 3 aromatic carbocycles. The maximum atomic E-state index is 13.4. The SMILES string of the molecule is O=C(O)c1c(-c2ccc3c(c2)OCO3)c2ccccc2n(Cc2ccccc2)c1=O. The van der Waals surface area contributed by atoms with Crippen molar-refractivity contribution in [3.63, 3.8) is 0 Å². The van der Waals surface area contributed by atoms with E-state index in [9.17, 15) is 14.7 Å². The van der Waals surface area contributed by atoms with Gasteiger partial charge >= 0.3 is 5.97 Å². The predicted molar refractivity (Wildman–Crippen MR) is 112 cm³/mol. The van der Waals surface area contributed by atoms with E-state index in [2.05, 4.69) is 0 Å². The summed E-state index contributed by atoms with van der Waals surface area (Å²) < 4.78 is 12.3. The first-order valence-electron chi connectivity index (χ1n) is 9.46. The monoisotopic (exact) mass is 399 g/mol. The van der Waals surface area contributed by atoms with Gasteiger partial charge in [-0.25, -0.2) is 4.79 Å². The Bertz CT molecular complexity index is 1340. The highest BCUT2D eigenvalue weighted by Crippen LogP contribution is 2.38. The Morgan fingerprint density at radius 2 is 1.67 bits per heavy atom. The minimum absolute atomic E-state index is 0.115. The van der Waals surface area contributed by atoms with Gasteiger partial charge in [0.15, 0.2) is 11.5 Å². The highest BCUT2D eigenvalue weighted by Gasteiger charge is 2.24. The summed E-state index contributed by atoms with van der Waals surface area (Å²) >= 11 is 0. The van der Waals surface area contributed by atoms with Crippen molar-refractivity contribution >= 4 is 16.9 Å². The van der Waals surface area contributed by atoms with Gasteiger partial charge in [-0.3, -0.25) is 4.79 Å². The average Bonchev–Trinajstić information content (AvgIpc) is 3.23. The number of carboxylic acid groups (broad SMARTS) is 1. The number of aromatic nitrogens is 1. The highest BCUT2D eigenvalue weighted by molar-refractivity contribution is 6.06. The lowest BCUT2D eigenvalue weighted by Crippen LogP contribution is -2.28. The van der Waals surface area contributed by atoms with Crippen molar-refractivity contribution in [1.82, 2.24) is 4.57 Å². The van der Waals surface area contributed by atoms with Crippen molar-refractivity contribution in [1.29, 1.82) is 0 Å². The third-order valence-electron chi connectivity index (χ3n) is 5.23. The fourth-order valence-corrected chi connectivity index (χ4v) is 3.88. The molecule has 0 unspecified atom stereocenters. The maximum Gasteiger partial charge on any atom is 0.342 e. The van der Waals surface area contributed by atoms with Crippen molar-refractivity contribution in [2.24, 2.45) is 0 Å². The third-order valence-corrected chi connectivity index (χ3v) is 5.23. The van der Waals surface area contributed by atoms with Crippen LogP contribution in [0.2, 0.25) is 0 Å². The number of para-hydroxylation sites is 1. The van der Waals surface area contributed by atoms with Crippen LogP contribution >= 0.6 is 0 Å². The summed E-state index contributed by atoms with van der Waals surface area (Å²) in [4.78, 5) is 25.6. The molecule has 0 amide bonds. The first-order valence-corrected chi connectivity index (χ1v) is 9.46. The Morgan fingerprint density at radius 3 is 2.47 bits per heavy atom. The zero-order chi connectivity index (χ0) is 20.7. The minimum Gasteiger partial charge on any atom is -0.477 e. The molecule has 1 aromatic heterocycles. The molecule has 4 aromatic rings. The second kappa shape index (κ2) is 7.08. The van der Waals surface area contributed by atoms with Gasteiger partial charge in [-0.15, -0.1) is 0 Å². The minimum atomic E-state index is -1.26. The van der Waals surface area contributed by atoms with Crippen molar-refractivity contribution in [2.75, 3.05) is 6.79 Å². The van der Waals surface area contributed by atoms with Gasteiger partial charge in [-0.05, 0) is 29.3 Å². The molecular weight excluding hydrogens is 382 g/mol. The first kappa shape index (κ1) is 18.0. The molecule has 0 saturated carbocycles. The van der Waals surface area contributed by atoms with Crippen LogP contribution in [0, 0.1) is 0 Å². The number of carbonyl (C=O) groups is 1. The van der Waals surface area contributed by atoms with E-state index in [0.29, 0.717) is 33.5 Å². The molecule has 0 spiro atoms. The van der Waals surface area contributed by atoms with Crippen LogP contribution in [-0.2, 0) is 6.54 Å². The van der Waals surface area contributed by atoms with Crippen molar-refractivity contribution in [3.05, 3.63) is 94.3 Å². The average molecular weight is 399 g/mol. The van der Waals surface area contributed by atoms with E-state index in [1.54, 1.807) is 18.2 Å². The molecule has 6 heteroatoms. The van der Waals surface area contributed by atoms with Gasteiger partial charge in [0.05, 0.1) is 12.1 Å². The molecule has 0 fully saturated rings. The lowest BCUT2D eigenvalue weighted by Gasteiger charge is -2.17. The van der Waals surface area contributed by atoms with E-state index in [4.69, 9.17) is 9.47 Å². The number of ether oxygens (including phenoxy) is 2. The molecular formula is C24H17NO5. The summed E-state index contributed by atoms with van der Waals surface area (Å²) in [5, 5.41) is 10.7. The van der Waals surface area contributed by atoms with Crippen molar-refractivity contribution in [3.8, 4) is 22.6 Å². The molecule has 148 valence electrons. The summed E-state index contributed by atoms with van der Waals surface area (Å²) in [5.74, 6) is -0.140. The number of nitrogens with zero attached hydrogens (tertiary/aromatic N) is 1. The van der Waals surface area contributed by atoms with Crippen LogP contribution in [0.5, 0.6) is 11.5 Å². The van der Waals surface area contributed by atoms with Gasteiger partial charge in [0, 0.05) is 10.9 Å². The number of aromatic carboxylic acids is 1. The summed E-state index contributed by atoms with van der Waals surface area (Å²) in [7, 11) is 0. The van der Waals surface area contributed by atoms with Crippen LogP contribution < -0.4 is 15.0 Å². The molecule has 0 atom stereocenters. The largest absolute Gasteiger partial charge is 0.477 e. The number of carboxylic acids is 1. The topological polar surface area (TPSA) is 77.8 Å². The van der Waals surface area contributed by atoms with Crippen LogP contribution in [-0.4, -0.2) is 22.4 Å². The zero-order valence-electron chi connectivity index (χ0n) is 15.9. The van der Waals surface area contributed by atoms with Gasteiger partial charge in [0.2, 0.25) is 6.79 Å². The van der Waals surface area contributed by atoms with Crippen LogP contribution in [0.25, 0.3) is 22.0 Å². The van der Waals surface area contributed by atoms with E-state index in [-0.39, 0.29) is 18.9 Å². The summed E-state index contributed by atoms with van der Waals surface area (Å²) in [6.07, 6.45) is 0. The molecule has 1 N–H and O–H groups in total. The molecule has 30 heavy (non-hydrogen) atoms. The van der Waals surface area contributed by atoms with Gasteiger partial charge < -0.3 is 19.1 Å². The first-order chi connectivity index (χ1) is 14.6. The highest BCUT2D eigenvalue weighted by atomic mass is 16.7. The van der Waals surface area contributed by atoms with Crippen LogP contribution in [0.3, 0.4) is 0 Å². The van der Waals surface area contributed by atoms with E-state index < -0.39 is 11.5 Å². The number of rotatable bonds is 4.